The van der Waals surface area contributed by atoms with E-state index >= 15 is 0 Å². The standard InChI is InChI=1S/C56H60O9/c1-57-56-55(63-40-47-30-18-7-19-31-47)54(62-39-46-28-16-6-17-29-46)53(61-38-45-26-14-5-15-27-45)49(65-56)33-32-48-34-50(59-36-43-22-10-3-11-23-43)52(60-37-44-24-12-4-13-25-44)51(64-48)41-58-35-42-20-8-2-9-21-42/h2-31,34,49-56H,32-33,35-41H2,1H3/t49-,50-,51-,52+,53-,54+,55+,56+/m1/s1. The number of allylic oxidation sites excluding steroid dienone is 1. The van der Waals surface area contributed by atoms with E-state index in [0.29, 0.717) is 59.1 Å². The first-order valence-corrected chi connectivity index (χ1v) is 22.6. The minimum Gasteiger partial charge on any atom is -0.490 e. The first kappa shape index (κ1) is 46.1. The Bertz CT molecular complexity index is 2250. The number of benzene rings is 6. The molecule has 1 fully saturated rings. The highest BCUT2D eigenvalue weighted by atomic mass is 16.7. The number of hydrogen-bond donors (Lipinski definition) is 0. The highest BCUT2D eigenvalue weighted by molar-refractivity contribution is 5.19. The van der Waals surface area contributed by atoms with Gasteiger partial charge in [-0.1, -0.05) is 182 Å². The van der Waals surface area contributed by atoms with Gasteiger partial charge in [0.15, 0.2) is 12.4 Å². The summed E-state index contributed by atoms with van der Waals surface area (Å²) in [6.45, 7) is 2.59. The second kappa shape index (κ2) is 24.7. The first-order chi connectivity index (χ1) is 32.2. The van der Waals surface area contributed by atoms with Crippen molar-refractivity contribution in [3.05, 3.63) is 227 Å². The van der Waals surface area contributed by atoms with Crippen molar-refractivity contribution in [2.45, 2.75) is 102 Å². The van der Waals surface area contributed by atoms with Gasteiger partial charge in [-0.05, 0) is 45.9 Å². The highest BCUT2D eigenvalue weighted by Crippen LogP contribution is 2.35. The van der Waals surface area contributed by atoms with Crippen molar-refractivity contribution in [2.75, 3.05) is 13.7 Å². The minimum absolute atomic E-state index is 0.293. The highest BCUT2D eigenvalue weighted by Gasteiger charge is 2.49. The van der Waals surface area contributed by atoms with Crippen LogP contribution in [0.4, 0.5) is 0 Å². The lowest BCUT2D eigenvalue weighted by Gasteiger charge is -2.46. The molecule has 8 rings (SSSR count). The van der Waals surface area contributed by atoms with Gasteiger partial charge in [0.25, 0.3) is 0 Å². The maximum atomic E-state index is 6.90. The molecule has 0 spiro atoms. The van der Waals surface area contributed by atoms with Crippen molar-refractivity contribution in [3.8, 4) is 0 Å². The van der Waals surface area contributed by atoms with Crippen LogP contribution < -0.4 is 0 Å². The summed E-state index contributed by atoms with van der Waals surface area (Å²) in [6.07, 6.45) is -1.14. The smallest absolute Gasteiger partial charge is 0.186 e. The molecule has 0 aromatic heterocycles. The fraction of sp³-hybridized carbons (Fsp3) is 0.321. The topological polar surface area (TPSA) is 83.1 Å². The van der Waals surface area contributed by atoms with Crippen LogP contribution in [0.2, 0.25) is 0 Å². The normalized spacial score (nSPS) is 23.1. The molecule has 0 unspecified atom stereocenters. The molecule has 0 amide bonds. The number of methoxy groups -OCH3 is 1. The van der Waals surface area contributed by atoms with Gasteiger partial charge in [0, 0.05) is 13.5 Å². The molecule has 0 saturated carbocycles. The Balaban J connectivity index is 1.07. The lowest BCUT2D eigenvalue weighted by atomic mass is 9.93. The van der Waals surface area contributed by atoms with E-state index in [2.05, 4.69) is 66.7 Å². The molecule has 2 aliphatic rings. The third-order valence-corrected chi connectivity index (χ3v) is 11.7. The van der Waals surface area contributed by atoms with Crippen LogP contribution in [-0.2, 0) is 82.3 Å². The summed E-state index contributed by atoms with van der Waals surface area (Å²) in [5.74, 6) is 0.763. The number of hydrogen-bond acceptors (Lipinski definition) is 9. The van der Waals surface area contributed by atoms with Gasteiger partial charge in [0.05, 0.1) is 58.1 Å². The van der Waals surface area contributed by atoms with E-state index in [0.717, 1.165) is 39.1 Å². The van der Waals surface area contributed by atoms with Crippen LogP contribution in [0.25, 0.3) is 0 Å². The Morgan fingerprint density at radius 2 is 0.785 bits per heavy atom. The second-order valence-electron chi connectivity index (χ2n) is 16.4. The summed E-state index contributed by atoms with van der Waals surface area (Å²) in [6, 6.07) is 60.9. The van der Waals surface area contributed by atoms with Gasteiger partial charge in [0.2, 0.25) is 0 Å². The molecule has 0 radical (unpaired) electrons. The largest absolute Gasteiger partial charge is 0.490 e. The average Bonchev–Trinajstić information content (AvgIpc) is 3.37. The van der Waals surface area contributed by atoms with Crippen LogP contribution in [0.5, 0.6) is 0 Å². The first-order valence-electron chi connectivity index (χ1n) is 22.6. The van der Waals surface area contributed by atoms with Crippen molar-refractivity contribution in [1.82, 2.24) is 0 Å². The monoisotopic (exact) mass is 876 g/mol. The molecule has 338 valence electrons. The molecule has 6 aromatic rings. The third kappa shape index (κ3) is 13.8. The van der Waals surface area contributed by atoms with Gasteiger partial charge < -0.3 is 42.6 Å². The Kier molecular flexibility index (Phi) is 17.5. The fourth-order valence-electron chi connectivity index (χ4n) is 8.26. The van der Waals surface area contributed by atoms with Crippen molar-refractivity contribution in [1.29, 1.82) is 0 Å². The molecule has 9 heteroatoms. The van der Waals surface area contributed by atoms with E-state index < -0.39 is 49.0 Å². The van der Waals surface area contributed by atoms with E-state index in [4.69, 9.17) is 42.6 Å². The third-order valence-electron chi connectivity index (χ3n) is 11.7. The molecule has 2 aliphatic heterocycles. The van der Waals surface area contributed by atoms with Gasteiger partial charge in [-0.2, -0.15) is 0 Å². The SMILES string of the molecule is CO[C@H]1O[C@H](CCC2=C[C@@H](OCc3ccccc3)[C@H](OCc3ccccc3)[C@@H](COCc3ccccc3)O2)[C@@H](OCc2ccccc2)[C@H](OCc2ccccc2)[C@@H]1OCc1ccccc1. The van der Waals surface area contributed by atoms with Gasteiger partial charge in [-0.15, -0.1) is 0 Å². The lowest BCUT2D eigenvalue weighted by molar-refractivity contribution is -0.318. The van der Waals surface area contributed by atoms with Crippen molar-refractivity contribution in [2.24, 2.45) is 0 Å². The molecule has 1 saturated heterocycles. The molecule has 65 heavy (non-hydrogen) atoms. The van der Waals surface area contributed by atoms with Crippen molar-refractivity contribution < 1.29 is 42.6 Å². The predicted molar refractivity (Wildman–Crippen MR) is 249 cm³/mol. The van der Waals surface area contributed by atoms with Crippen LogP contribution in [-0.4, -0.2) is 62.7 Å². The zero-order valence-corrected chi connectivity index (χ0v) is 37.1. The van der Waals surface area contributed by atoms with Crippen LogP contribution in [0.1, 0.15) is 46.2 Å². The summed E-state index contributed by atoms with van der Waals surface area (Å²) >= 11 is 0. The fourth-order valence-corrected chi connectivity index (χ4v) is 8.26. The van der Waals surface area contributed by atoms with Gasteiger partial charge in [0.1, 0.15) is 30.5 Å². The maximum Gasteiger partial charge on any atom is 0.186 e. The van der Waals surface area contributed by atoms with Crippen LogP contribution in [0.3, 0.4) is 0 Å². The molecule has 2 heterocycles. The van der Waals surface area contributed by atoms with Crippen molar-refractivity contribution in [3.63, 3.8) is 0 Å². The van der Waals surface area contributed by atoms with Gasteiger partial charge in [-0.3, -0.25) is 0 Å². The summed E-state index contributed by atoms with van der Waals surface area (Å²) in [4.78, 5) is 0. The van der Waals surface area contributed by atoms with Crippen LogP contribution in [0.15, 0.2) is 194 Å². The molecule has 0 aliphatic carbocycles. The molecule has 0 bridgehead atoms. The summed E-state index contributed by atoms with van der Waals surface area (Å²) in [7, 11) is 1.65. The van der Waals surface area contributed by atoms with Crippen molar-refractivity contribution >= 4 is 0 Å². The summed E-state index contributed by atoms with van der Waals surface area (Å²) in [5, 5.41) is 0. The molecular weight excluding hydrogens is 817 g/mol. The molecule has 9 nitrogen and oxygen atoms in total. The summed E-state index contributed by atoms with van der Waals surface area (Å²) in [5.41, 5.74) is 6.33. The second-order valence-corrected chi connectivity index (χ2v) is 16.4. The summed E-state index contributed by atoms with van der Waals surface area (Å²) < 4.78 is 60.2. The van der Waals surface area contributed by atoms with Crippen LogP contribution in [0, 0.1) is 0 Å². The molecule has 0 N–H and O–H groups in total. The zero-order chi connectivity index (χ0) is 44.3. The lowest BCUT2D eigenvalue weighted by Crippen LogP contribution is -2.60. The van der Waals surface area contributed by atoms with E-state index in [9.17, 15) is 0 Å². The average molecular weight is 877 g/mol. The Morgan fingerprint density at radius 3 is 1.23 bits per heavy atom. The predicted octanol–water partition coefficient (Wildman–Crippen LogP) is 10.6. The van der Waals surface area contributed by atoms with Gasteiger partial charge >= 0.3 is 0 Å². The van der Waals surface area contributed by atoms with Gasteiger partial charge in [-0.25, -0.2) is 0 Å². The Hall–Kier alpha value is -5.46. The van der Waals surface area contributed by atoms with E-state index in [-0.39, 0.29) is 0 Å². The van der Waals surface area contributed by atoms with Crippen LogP contribution >= 0.6 is 0 Å². The van der Waals surface area contributed by atoms with E-state index in [1.165, 1.54) is 0 Å². The number of ether oxygens (including phenoxy) is 9. The molecule has 8 atom stereocenters. The maximum absolute atomic E-state index is 6.90. The van der Waals surface area contributed by atoms with E-state index in [1.807, 2.05) is 121 Å². The Labute approximate surface area is 383 Å². The zero-order valence-electron chi connectivity index (χ0n) is 37.1. The molecule has 6 aromatic carbocycles. The van der Waals surface area contributed by atoms with E-state index in [1.54, 1.807) is 7.11 Å². The number of rotatable bonds is 23. The Morgan fingerprint density at radius 1 is 0.400 bits per heavy atom. The molecular formula is C56H60O9. The quantitative estimate of drug-likeness (QED) is 0.0625. The minimum atomic E-state index is -0.737.